The molecule has 5 aromatic carbocycles. The highest BCUT2D eigenvalue weighted by Crippen LogP contribution is 2.66. The van der Waals surface area contributed by atoms with Crippen LogP contribution in [0.5, 0.6) is 5.75 Å². The number of esters is 2. The van der Waals surface area contributed by atoms with E-state index in [1.165, 1.54) is 7.11 Å². The summed E-state index contributed by atoms with van der Waals surface area (Å²) in [5.41, 5.74) is 3.01. The van der Waals surface area contributed by atoms with E-state index in [9.17, 15) is 9.90 Å². The zero-order valence-corrected chi connectivity index (χ0v) is 42.3. The third-order valence-electron chi connectivity index (χ3n) is 15.0. The molecule has 4 heterocycles. The van der Waals surface area contributed by atoms with Crippen molar-refractivity contribution in [3.63, 3.8) is 0 Å². The zero-order valence-electron chi connectivity index (χ0n) is 42.3. The highest BCUT2D eigenvalue weighted by atomic mass is 16.6. The lowest BCUT2D eigenvalue weighted by molar-refractivity contribution is -0.177. The predicted molar refractivity (Wildman–Crippen MR) is 282 cm³/mol. The number of cyclic esters (lactones) is 1. The van der Waals surface area contributed by atoms with Crippen molar-refractivity contribution in [1.82, 2.24) is 10.2 Å². The maximum absolute atomic E-state index is 16.9. The van der Waals surface area contributed by atoms with Gasteiger partial charge < -0.3 is 39.6 Å². The first-order valence-corrected chi connectivity index (χ1v) is 25.8. The first-order chi connectivity index (χ1) is 36.5. The number of amides is 4. The van der Waals surface area contributed by atoms with Gasteiger partial charge in [0.05, 0.1) is 50.6 Å². The Hall–Kier alpha value is -7.77. The molecule has 1 spiro atoms. The molecule has 0 aromatic heterocycles. The molecule has 75 heavy (non-hydrogen) atoms. The van der Waals surface area contributed by atoms with Crippen LogP contribution in [0.25, 0.3) is 0 Å². The van der Waals surface area contributed by atoms with Crippen molar-refractivity contribution in [2.75, 3.05) is 61.7 Å². The summed E-state index contributed by atoms with van der Waals surface area (Å²) in [5, 5.41) is 15.9. The van der Waals surface area contributed by atoms with Crippen molar-refractivity contribution in [2.24, 2.45) is 11.8 Å². The molecule has 15 nitrogen and oxygen atoms in total. The largest absolute Gasteiger partial charge is 0.491 e. The lowest BCUT2D eigenvalue weighted by atomic mass is 9.65. The van der Waals surface area contributed by atoms with Crippen LogP contribution in [0.15, 0.2) is 139 Å². The van der Waals surface area contributed by atoms with Gasteiger partial charge in [0.15, 0.2) is 0 Å². The van der Waals surface area contributed by atoms with E-state index in [0.29, 0.717) is 54.4 Å². The van der Waals surface area contributed by atoms with E-state index in [0.717, 1.165) is 47.4 Å². The lowest BCUT2D eigenvalue weighted by Gasteiger charge is -2.46. The molecule has 0 unspecified atom stereocenters. The Morgan fingerprint density at radius 2 is 1.55 bits per heavy atom. The lowest BCUT2D eigenvalue weighted by Crippen LogP contribution is -2.57. The topological polar surface area (TPSA) is 176 Å². The number of urea groups is 1. The van der Waals surface area contributed by atoms with Gasteiger partial charge in [-0.3, -0.25) is 19.3 Å². The van der Waals surface area contributed by atoms with Crippen molar-refractivity contribution < 1.29 is 48.0 Å². The van der Waals surface area contributed by atoms with Gasteiger partial charge in [0.2, 0.25) is 11.8 Å². The average Bonchev–Trinajstić information content (AvgIpc) is 4.02. The van der Waals surface area contributed by atoms with Crippen LogP contribution in [0.4, 0.5) is 21.9 Å². The number of benzene rings is 5. The van der Waals surface area contributed by atoms with Gasteiger partial charge >= 0.3 is 18.0 Å². The second-order valence-corrected chi connectivity index (χ2v) is 19.8. The van der Waals surface area contributed by atoms with Crippen LogP contribution in [0.2, 0.25) is 0 Å². The molecule has 10 rings (SSSR count). The number of morpholine rings is 2. The van der Waals surface area contributed by atoms with Gasteiger partial charge in [-0.15, -0.1) is 0 Å². The van der Waals surface area contributed by atoms with Gasteiger partial charge in [-0.05, 0) is 114 Å². The Balaban J connectivity index is 1.25. The molecule has 15 heteroatoms. The van der Waals surface area contributed by atoms with Gasteiger partial charge in [0, 0.05) is 30.0 Å². The molecule has 7 atom stereocenters. The standard InChI is InChI=1S/C60H61N5O10/c1-38(2)50(56(68)72-3)62-59(71)64-48-29-24-40(23-22-39-14-7-4-8-15-39)36-47(48)60(58(64)70)49(55(67)61-44-25-27-45(28-26-44)63-30-33-73-34-31-63)52-57(69)75-53(42-18-11-6-12-19-42)51(41-16-9-5-10-17-41)65(52)54(60)43-20-13-21-46(37-43)74-35-32-66/h5-6,9-14,16-21,24-29,36-38,49-54,66H,4,7-8,15,30-35H2,1-3H3,(H,61,67)(H,62,71)/t49-,50-,51-,52-,53+,54+,60-/m0/s1. The molecular weight excluding hydrogens is 951 g/mol. The molecular formula is C60H61N5O10. The van der Waals surface area contributed by atoms with E-state index in [1.807, 2.05) is 83.8 Å². The molecule has 4 aliphatic heterocycles. The number of nitrogens with one attached hydrogen (secondary N) is 2. The highest BCUT2D eigenvalue weighted by molar-refractivity contribution is 6.25. The predicted octanol–water partition coefficient (Wildman–Crippen LogP) is 7.96. The Morgan fingerprint density at radius 3 is 2.23 bits per heavy atom. The van der Waals surface area contributed by atoms with E-state index < -0.39 is 77.3 Å². The van der Waals surface area contributed by atoms with Crippen LogP contribution in [-0.2, 0) is 38.8 Å². The third kappa shape index (κ3) is 9.65. The quantitative estimate of drug-likeness (QED) is 0.0814. The summed E-state index contributed by atoms with van der Waals surface area (Å²) in [5.74, 6) is 2.03. The Labute approximate surface area is 436 Å². The number of carbonyl (C=O) groups is 5. The van der Waals surface area contributed by atoms with Gasteiger partial charge in [0.25, 0.3) is 0 Å². The second kappa shape index (κ2) is 22.0. The number of carbonyl (C=O) groups excluding carboxylic acids is 5. The summed E-state index contributed by atoms with van der Waals surface area (Å²) in [6, 6.07) is 32.9. The molecule has 0 radical (unpaired) electrons. The van der Waals surface area contributed by atoms with E-state index in [2.05, 4.69) is 33.5 Å². The monoisotopic (exact) mass is 1010 g/mol. The van der Waals surface area contributed by atoms with E-state index in [1.54, 1.807) is 62.4 Å². The number of aliphatic hydroxyl groups is 1. The molecule has 5 aromatic rings. The Morgan fingerprint density at radius 1 is 0.827 bits per heavy atom. The molecule has 3 fully saturated rings. The van der Waals surface area contributed by atoms with Crippen LogP contribution in [0.1, 0.15) is 85.5 Å². The summed E-state index contributed by atoms with van der Waals surface area (Å²) in [6.45, 7) is 5.74. The summed E-state index contributed by atoms with van der Waals surface area (Å²) in [4.78, 5) is 82.4. The fraction of sp³-hybridized carbons (Fsp3) is 0.350. The first-order valence-electron chi connectivity index (χ1n) is 25.8. The highest BCUT2D eigenvalue weighted by Gasteiger charge is 2.75. The molecule has 3 N–H and O–H groups in total. The second-order valence-electron chi connectivity index (χ2n) is 19.8. The number of rotatable bonds is 12. The summed E-state index contributed by atoms with van der Waals surface area (Å²) in [7, 11) is 1.23. The molecule has 5 aliphatic rings. The van der Waals surface area contributed by atoms with Gasteiger partial charge in [-0.2, -0.15) is 0 Å². The van der Waals surface area contributed by atoms with E-state index >= 15 is 19.2 Å². The Kier molecular flexibility index (Phi) is 14.9. The van der Waals surface area contributed by atoms with Crippen LogP contribution in [-0.4, -0.2) is 98.5 Å². The number of imide groups is 1. The first kappa shape index (κ1) is 50.7. The fourth-order valence-electron chi connectivity index (χ4n) is 11.6. The van der Waals surface area contributed by atoms with Gasteiger partial charge in [-0.1, -0.05) is 105 Å². The van der Waals surface area contributed by atoms with Crippen molar-refractivity contribution in [3.05, 3.63) is 167 Å². The van der Waals surface area contributed by atoms with Crippen molar-refractivity contribution in [3.8, 4) is 17.6 Å². The minimum Gasteiger partial charge on any atom is -0.491 e. The molecule has 4 amide bonds. The van der Waals surface area contributed by atoms with Crippen molar-refractivity contribution in [2.45, 2.75) is 75.2 Å². The fourth-order valence-corrected chi connectivity index (χ4v) is 11.6. The van der Waals surface area contributed by atoms with E-state index in [4.69, 9.17) is 18.9 Å². The van der Waals surface area contributed by atoms with Gasteiger partial charge in [0.1, 0.15) is 36.0 Å². The Bertz CT molecular complexity index is 3040. The number of fused-ring (bicyclic) bond motifs is 3. The number of allylic oxidation sites excluding steroid dienone is 2. The molecule has 0 saturated carbocycles. The minimum absolute atomic E-state index is 0.0403. The number of nitrogens with zero attached hydrogens (tertiary/aromatic N) is 3. The van der Waals surface area contributed by atoms with Gasteiger partial charge in [-0.25, -0.2) is 14.5 Å². The number of hydrogen-bond acceptors (Lipinski definition) is 12. The third-order valence-corrected chi connectivity index (χ3v) is 15.0. The van der Waals surface area contributed by atoms with Crippen LogP contribution in [0.3, 0.4) is 0 Å². The van der Waals surface area contributed by atoms with E-state index in [-0.39, 0.29) is 24.5 Å². The van der Waals surface area contributed by atoms with Crippen molar-refractivity contribution >= 4 is 46.8 Å². The van der Waals surface area contributed by atoms with Crippen molar-refractivity contribution in [1.29, 1.82) is 0 Å². The molecule has 3 saturated heterocycles. The molecule has 0 bridgehead atoms. The number of ether oxygens (including phenoxy) is 4. The summed E-state index contributed by atoms with van der Waals surface area (Å²) < 4.78 is 23.4. The average molecular weight is 1010 g/mol. The molecule has 1 aliphatic carbocycles. The SMILES string of the molecule is COC(=O)[C@@H](NC(=O)N1C(=O)[C@@]2(c3cc(C#CC4=CCCCC4)ccc31)[C@H](C(=O)Nc1ccc(N3CCOCC3)cc1)[C@H]1C(=O)O[C@H](c3ccccc3)[C@H](c3ccccc3)N1[C@@H]2c1cccc(OCCO)c1)C(C)C. The molecule has 386 valence electrons. The smallest absolute Gasteiger partial charge is 0.329 e. The summed E-state index contributed by atoms with van der Waals surface area (Å²) in [6.07, 6.45) is 4.99. The van der Waals surface area contributed by atoms with Crippen LogP contribution < -0.4 is 25.2 Å². The maximum atomic E-state index is 16.9. The zero-order chi connectivity index (χ0) is 52.2. The minimum atomic E-state index is -2.12. The summed E-state index contributed by atoms with van der Waals surface area (Å²) >= 11 is 0. The number of methoxy groups -OCH3 is 1. The van der Waals surface area contributed by atoms with Crippen LogP contribution in [0, 0.1) is 23.7 Å². The normalized spacial score (nSPS) is 23.5. The maximum Gasteiger partial charge on any atom is 0.329 e. The van der Waals surface area contributed by atoms with Crippen LogP contribution >= 0.6 is 0 Å². The number of anilines is 3. The number of hydrogen-bond donors (Lipinski definition) is 3. The number of aliphatic hydroxyl groups excluding tert-OH is 1.